The number of nitrogens with zero attached hydrogens (tertiary/aromatic N) is 3. The van der Waals surface area contributed by atoms with Crippen LogP contribution in [0.1, 0.15) is 23.5 Å². The molecule has 0 saturated carbocycles. The number of ether oxygens (including phenoxy) is 2. The van der Waals surface area contributed by atoms with Gasteiger partial charge in [0.1, 0.15) is 23.3 Å². The van der Waals surface area contributed by atoms with E-state index in [-0.39, 0.29) is 17.8 Å². The molecular formula is C26H24N4O3S. The Labute approximate surface area is 203 Å². The van der Waals surface area contributed by atoms with Crippen molar-refractivity contribution in [2.75, 3.05) is 19.1 Å². The van der Waals surface area contributed by atoms with E-state index in [9.17, 15) is 5.11 Å². The number of hydrogen-bond acceptors (Lipinski definition) is 5. The van der Waals surface area contributed by atoms with E-state index in [1.807, 2.05) is 60.8 Å². The number of benzene rings is 2. The van der Waals surface area contributed by atoms with Gasteiger partial charge in [-0.3, -0.25) is 4.98 Å². The number of aromatic hydroxyl groups is 1. The lowest BCUT2D eigenvalue weighted by Crippen LogP contribution is -2.30. The van der Waals surface area contributed by atoms with Crippen LogP contribution >= 0.6 is 12.2 Å². The number of methoxy groups -OCH3 is 2. The van der Waals surface area contributed by atoms with E-state index in [0.29, 0.717) is 16.6 Å². The monoisotopic (exact) mass is 472 g/mol. The van der Waals surface area contributed by atoms with Crippen molar-refractivity contribution >= 4 is 23.0 Å². The summed E-state index contributed by atoms with van der Waals surface area (Å²) in [5, 5.41) is 13.8. The molecule has 0 bridgehead atoms. The minimum Gasteiger partial charge on any atom is -0.508 e. The smallest absolute Gasteiger partial charge is 0.174 e. The van der Waals surface area contributed by atoms with Crippen molar-refractivity contribution in [3.05, 3.63) is 96.6 Å². The molecule has 34 heavy (non-hydrogen) atoms. The highest BCUT2D eigenvalue weighted by atomic mass is 32.1. The number of rotatable bonds is 6. The Bertz CT molecular complexity index is 1310. The number of aromatic nitrogens is 2. The summed E-state index contributed by atoms with van der Waals surface area (Å²) < 4.78 is 13.2. The van der Waals surface area contributed by atoms with E-state index in [1.54, 1.807) is 32.5 Å². The summed E-state index contributed by atoms with van der Waals surface area (Å²) in [6.07, 6.45) is 3.79. The van der Waals surface area contributed by atoms with Gasteiger partial charge in [-0.05, 0) is 72.9 Å². The van der Waals surface area contributed by atoms with Crippen LogP contribution in [0.4, 0.5) is 5.69 Å². The van der Waals surface area contributed by atoms with Gasteiger partial charge in [-0.15, -0.1) is 0 Å². The number of anilines is 1. The number of thiocarbonyl (C=S) groups is 1. The van der Waals surface area contributed by atoms with E-state index >= 15 is 0 Å². The molecule has 0 spiro atoms. The summed E-state index contributed by atoms with van der Waals surface area (Å²) >= 11 is 5.85. The second-order valence-corrected chi connectivity index (χ2v) is 8.24. The van der Waals surface area contributed by atoms with E-state index < -0.39 is 0 Å². The highest BCUT2D eigenvalue weighted by Crippen LogP contribution is 2.45. The average Bonchev–Trinajstić information content (AvgIpc) is 3.49. The number of nitrogens with one attached hydrogen (secondary N) is 1. The van der Waals surface area contributed by atoms with Gasteiger partial charge in [0, 0.05) is 29.8 Å². The highest BCUT2D eigenvalue weighted by molar-refractivity contribution is 7.80. The van der Waals surface area contributed by atoms with Crippen LogP contribution in [0, 0.1) is 0 Å². The molecule has 5 rings (SSSR count). The standard InChI is InChI=1S/C26H24N4O3S/c1-32-19-12-13-21(23(16-19)33-2)30-25(24(28-26(30)34)20-6-3-4-14-27-20)22-7-5-15-29(22)17-8-10-18(31)11-9-17/h3-16,24-25,31H,1-2H3,(H,28,34)/t24-,25-/m1/s1. The fourth-order valence-corrected chi connectivity index (χ4v) is 4.72. The van der Waals surface area contributed by atoms with Crippen LogP contribution in [0.3, 0.4) is 0 Å². The third kappa shape index (κ3) is 3.82. The summed E-state index contributed by atoms with van der Waals surface area (Å²) in [5.41, 5.74) is 3.63. The van der Waals surface area contributed by atoms with E-state index in [2.05, 4.69) is 25.8 Å². The molecule has 7 nitrogen and oxygen atoms in total. The van der Waals surface area contributed by atoms with Gasteiger partial charge in [0.2, 0.25) is 0 Å². The van der Waals surface area contributed by atoms with Crippen molar-refractivity contribution < 1.29 is 14.6 Å². The third-order valence-electron chi connectivity index (χ3n) is 5.96. The van der Waals surface area contributed by atoms with Crippen molar-refractivity contribution in [3.8, 4) is 22.9 Å². The topological polar surface area (TPSA) is 71.8 Å². The van der Waals surface area contributed by atoms with Crippen molar-refractivity contribution in [1.82, 2.24) is 14.9 Å². The van der Waals surface area contributed by atoms with Crippen molar-refractivity contribution in [2.24, 2.45) is 0 Å². The third-order valence-corrected chi connectivity index (χ3v) is 6.27. The number of pyridine rings is 1. The number of phenols is 1. The zero-order chi connectivity index (χ0) is 23.7. The maximum absolute atomic E-state index is 9.77. The van der Waals surface area contributed by atoms with Crippen molar-refractivity contribution in [3.63, 3.8) is 0 Å². The van der Waals surface area contributed by atoms with Crippen LogP contribution in [0.15, 0.2) is 85.2 Å². The summed E-state index contributed by atoms with van der Waals surface area (Å²) in [7, 11) is 3.26. The Balaban J connectivity index is 1.68. The zero-order valence-corrected chi connectivity index (χ0v) is 19.6. The Morgan fingerprint density at radius 3 is 2.50 bits per heavy atom. The normalized spacial score (nSPS) is 17.5. The molecule has 2 atom stereocenters. The first kappa shape index (κ1) is 21.8. The van der Waals surface area contributed by atoms with E-state index in [4.69, 9.17) is 21.7 Å². The maximum Gasteiger partial charge on any atom is 0.174 e. The first-order valence-electron chi connectivity index (χ1n) is 10.8. The zero-order valence-electron chi connectivity index (χ0n) is 18.8. The first-order chi connectivity index (χ1) is 16.6. The average molecular weight is 473 g/mol. The van der Waals surface area contributed by atoms with Crippen molar-refractivity contribution in [1.29, 1.82) is 0 Å². The van der Waals surface area contributed by atoms with Gasteiger partial charge in [0.15, 0.2) is 5.11 Å². The maximum atomic E-state index is 9.77. The fourth-order valence-electron chi connectivity index (χ4n) is 4.38. The molecule has 1 aliphatic heterocycles. The number of phenolic OH excluding ortho intramolecular Hbond substituents is 1. The lowest BCUT2D eigenvalue weighted by atomic mass is 10.0. The summed E-state index contributed by atoms with van der Waals surface area (Å²) in [4.78, 5) is 6.69. The molecule has 2 aromatic heterocycles. The molecule has 1 fully saturated rings. The van der Waals surface area contributed by atoms with Crippen LogP contribution in [0.5, 0.6) is 17.2 Å². The van der Waals surface area contributed by atoms with Crippen LogP contribution in [0.2, 0.25) is 0 Å². The molecule has 1 aliphatic rings. The van der Waals surface area contributed by atoms with Gasteiger partial charge in [0.05, 0.1) is 31.6 Å². The van der Waals surface area contributed by atoms with E-state index in [1.165, 1.54) is 0 Å². The second-order valence-electron chi connectivity index (χ2n) is 7.85. The van der Waals surface area contributed by atoms with Gasteiger partial charge >= 0.3 is 0 Å². The Kier molecular flexibility index (Phi) is 5.81. The Hall–Kier alpha value is -4.04. The Morgan fingerprint density at radius 2 is 1.79 bits per heavy atom. The SMILES string of the molecule is COc1ccc(N2C(=S)N[C@H](c3ccccn3)[C@H]2c2cccn2-c2ccc(O)cc2)c(OC)c1. The molecule has 172 valence electrons. The summed E-state index contributed by atoms with van der Waals surface area (Å²) in [6, 6.07) is 22.3. The largest absolute Gasteiger partial charge is 0.508 e. The molecule has 8 heteroatoms. The molecule has 0 radical (unpaired) electrons. The first-order valence-corrected chi connectivity index (χ1v) is 11.2. The minimum absolute atomic E-state index is 0.203. The molecule has 4 aromatic rings. The van der Waals surface area contributed by atoms with Crippen LogP contribution < -0.4 is 19.7 Å². The molecular weight excluding hydrogens is 448 g/mol. The predicted molar refractivity (Wildman–Crippen MR) is 135 cm³/mol. The minimum atomic E-state index is -0.228. The van der Waals surface area contributed by atoms with Crippen LogP contribution in [-0.4, -0.2) is 34.0 Å². The molecule has 0 aliphatic carbocycles. The summed E-state index contributed by atoms with van der Waals surface area (Å²) in [6.45, 7) is 0. The predicted octanol–water partition coefficient (Wildman–Crippen LogP) is 4.77. The quantitative estimate of drug-likeness (QED) is 0.392. The molecule has 0 unspecified atom stereocenters. The summed E-state index contributed by atoms with van der Waals surface area (Å²) in [5.74, 6) is 1.57. The van der Waals surface area contributed by atoms with Gasteiger partial charge < -0.3 is 29.4 Å². The number of hydrogen-bond donors (Lipinski definition) is 2. The van der Waals surface area contributed by atoms with Crippen molar-refractivity contribution in [2.45, 2.75) is 12.1 Å². The molecule has 2 aromatic carbocycles. The molecule has 0 amide bonds. The fraction of sp³-hybridized carbons (Fsp3) is 0.154. The van der Waals surface area contributed by atoms with Gasteiger partial charge in [0.25, 0.3) is 0 Å². The van der Waals surface area contributed by atoms with Gasteiger partial charge in [-0.1, -0.05) is 6.07 Å². The van der Waals surface area contributed by atoms with E-state index in [0.717, 1.165) is 22.8 Å². The van der Waals surface area contributed by atoms with Gasteiger partial charge in [-0.2, -0.15) is 0 Å². The molecule has 2 N–H and O–H groups in total. The van der Waals surface area contributed by atoms with Crippen LogP contribution in [0.25, 0.3) is 5.69 Å². The highest BCUT2D eigenvalue weighted by Gasteiger charge is 2.43. The lowest BCUT2D eigenvalue weighted by molar-refractivity contribution is 0.394. The van der Waals surface area contributed by atoms with Gasteiger partial charge in [-0.25, -0.2) is 0 Å². The lowest BCUT2D eigenvalue weighted by Gasteiger charge is -2.30. The Morgan fingerprint density at radius 1 is 0.971 bits per heavy atom. The molecule has 3 heterocycles. The molecule has 1 saturated heterocycles. The van der Waals surface area contributed by atoms with Crippen LogP contribution in [-0.2, 0) is 0 Å². The second kappa shape index (κ2) is 9.07.